The summed E-state index contributed by atoms with van der Waals surface area (Å²) in [6.45, 7) is 4.58. The lowest BCUT2D eigenvalue weighted by Gasteiger charge is -2.11. The van der Waals surface area contributed by atoms with Gasteiger partial charge in [0.2, 0.25) is 0 Å². The van der Waals surface area contributed by atoms with Crippen LogP contribution in [0.4, 0.5) is 5.69 Å². The Bertz CT molecular complexity index is 1660. The van der Waals surface area contributed by atoms with E-state index in [1.54, 1.807) is 6.07 Å². The second kappa shape index (κ2) is 13.3. The highest BCUT2D eigenvalue weighted by Gasteiger charge is 2.15. The highest BCUT2D eigenvalue weighted by Crippen LogP contribution is 2.32. The Hall–Kier alpha value is -4.06. The van der Waals surface area contributed by atoms with Crippen LogP contribution < -0.4 is 5.32 Å². The number of esters is 1. The summed E-state index contributed by atoms with van der Waals surface area (Å²) in [5.41, 5.74) is 8.24. The normalized spacial score (nSPS) is 11.7. The highest BCUT2D eigenvalue weighted by atomic mass is 35.5. The second-order valence-corrected chi connectivity index (χ2v) is 11.2. The summed E-state index contributed by atoms with van der Waals surface area (Å²) < 4.78 is 6.79. The molecule has 4 aromatic carbocycles. The van der Waals surface area contributed by atoms with Gasteiger partial charge in [0.1, 0.15) is 12.4 Å². The van der Waals surface area contributed by atoms with Crippen molar-refractivity contribution in [3.63, 3.8) is 0 Å². The fraction of sp³-hybridized carbons (Fsp3) is 0.200. The second-order valence-electron chi connectivity index (χ2n) is 10.3. The van der Waals surface area contributed by atoms with Crippen LogP contribution in [0.3, 0.4) is 0 Å². The molecule has 1 N–H and O–H groups in total. The lowest BCUT2D eigenvalue weighted by molar-refractivity contribution is -0.138. The quantitative estimate of drug-likeness (QED) is 0.163. The van der Waals surface area contributed by atoms with Gasteiger partial charge >= 0.3 is 5.97 Å². The molecule has 214 valence electrons. The summed E-state index contributed by atoms with van der Waals surface area (Å²) in [5, 5.41) is 4.20. The van der Waals surface area contributed by atoms with E-state index in [-0.39, 0.29) is 12.5 Å². The van der Waals surface area contributed by atoms with E-state index in [0.717, 1.165) is 40.4 Å². The van der Waals surface area contributed by atoms with Crippen molar-refractivity contribution in [2.24, 2.45) is 0 Å². The van der Waals surface area contributed by atoms with Gasteiger partial charge in [-0.15, -0.1) is 0 Å². The summed E-state index contributed by atoms with van der Waals surface area (Å²) in [7, 11) is 1.37. The van der Waals surface area contributed by atoms with E-state index >= 15 is 0 Å². The monoisotopic (exact) mass is 597 g/mol. The first-order valence-electron chi connectivity index (χ1n) is 14.0. The molecule has 0 saturated carbocycles. The third-order valence-electron chi connectivity index (χ3n) is 7.54. The number of carbonyl (C=O) groups excluding carboxylic acids is 1. The summed E-state index contributed by atoms with van der Waals surface area (Å²) >= 11 is 12.7. The molecule has 0 aliphatic rings. The van der Waals surface area contributed by atoms with Crippen LogP contribution in [-0.4, -0.2) is 29.2 Å². The number of anilines is 1. The average Bonchev–Trinajstić information content (AvgIpc) is 3.43. The third kappa shape index (κ3) is 6.87. The molecule has 1 aromatic heterocycles. The molecule has 0 fully saturated rings. The highest BCUT2D eigenvalue weighted by molar-refractivity contribution is 6.36. The molecular weight excluding hydrogens is 565 g/mol. The van der Waals surface area contributed by atoms with Crippen LogP contribution in [0.25, 0.3) is 28.1 Å². The van der Waals surface area contributed by atoms with E-state index in [1.165, 1.54) is 23.8 Å². The van der Waals surface area contributed by atoms with Crippen molar-refractivity contribution >= 4 is 34.9 Å². The number of carbonyl (C=O) groups is 1. The van der Waals surface area contributed by atoms with Gasteiger partial charge in [0.05, 0.1) is 17.8 Å². The number of aromatic nitrogens is 2. The number of hydrogen-bond donors (Lipinski definition) is 1. The number of ether oxygens (including phenoxy) is 1. The van der Waals surface area contributed by atoms with Gasteiger partial charge in [-0.3, -0.25) is 4.79 Å². The summed E-state index contributed by atoms with van der Waals surface area (Å²) in [5.74, 6) is 1.11. The standard InChI is InChI=1S/C35H33Cl2N3O2/c1-4-23(2)25-9-11-27(12-10-25)26-7-5-24(6-8-26)19-34-39-33(31-18-13-28(36)20-32(31)37)22-40(34)30-16-14-29(15-17-30)38-21-35(41)42-3/h5-18,20,22-23,38H,4,19,21H2,1-3H3. The molecule has 0 amide bonds. The number of benzene rings is 4. The Morgan fingerprint density at radius 2 is 1.60 bits per heavy atom. The molecule has 1 heterocycles. The SMILES string of the molecule is CCC(C)c1ccc(-c2ccc(Cc3nc(-c4ccc(Cl)cc4Cl)cn3-c3ccc(NCC(=O)OC)cc3)cc2)cc1. The zero-order valence-corrected chi connectivity index (χ0v) is 25.4. The fourth-order valence-corrected chi connectivity index (χ4v) is 5.32. The number of rotatable bonds is 10. The van der Waals surface area contributed by atoms with Crippen molar-refractivity contribution in [3.8, 4) is 28.1 Å². The maximum absolute atomic E-state index is 11.5. The van der Waals surface area contributed by atoms with Crippen molar-refractivity contribution in [2.45, 2.75) is 32.6 Å². The lowest BCUT2D eigenvalue weighted by Crippen LogP contribution is -2.14. The van der Waals surface area contributed by atoms with Crippen LogP contribution in [0.15, 0.2) is 97.2 Å². The zero-order chi connectivity index (χ0) is 29.6. The number of halogens is 2. The van der Waals surface area contributed by atoms with E-state index in [9.17, 15) is 4.79 Å². The van der Waals surface area contributed by atoms with Gasteiger partial charge in [-0.1, -0.05) is 85.6 Å². The first-order chi connectivity index (χ1) is 20.3. The Labute approximate surface area is 257 Å². The average molecular weight is 599 g/mol. The minimum absolute atomic E-state index is 0.101. The van der Waals surface area contributed by atoms with Crippen molar-refractivity contribution in [2.75, 3.05) is 19.0 Å². The largest absolute Gasteiger partial charge is 0.468 e. The summed E-state index contributed by atoms with van der Waals surface area (Å²) in [4.78, 5) is 16.5. The van der Waals surface area contributed by atoms with Crippen LogP contribution in [0.5, 0.6) is 0 Å². The van der Waals surface area contributed by atoms with Gasteiger partial charge in [-0.05, 0) is 77.1 Å². The van der Waals surface area contributed by atoms with Crippen molar-refractivity contribution in [1.29, 1.82) is 0 Å². The Morgan fingerprint density at radius 1 is 0.929 bits per heavy atom. The molecular formula is C35H33Cl2N3O2. The smallest absolute Gasteiger partial charge is 0.325 e. The maximum Gasteiger partial charge on any atom is 0.325 e. The molecule has 0 bridgehead atoms. The Balaban J connectivity index is 1.43. The number of imidazole rings is 1. The molecule has 7 heteroatoms. The molecule has 1 unspecified atom stereocenters. The number of hydrogen-bond acceptors (Lipinski definition) is 4. The van der Waals surface area contributed by atoms with Crippen molar-refractivity contribution in [3.05, 3.63) is 124 Å². The van der Waals surface area contributed by atoms with Crippen molar-refractivity contribution in [1.82, 2.24) is 9.55 Å². The van der Waals surface area contributed by atoms with E-state index < -0.39 is 0 Å². The zero-order valence-electron chi connectivity index (χ0n) is 23.9. The molecule has 5 nitrogen and oxygen atoms in total. The van der Waals surface area contributed by atoms with E-state index in [4.69, 9.17) is 32.9 Å². The first-order valence-corrected chi connectivity index (χ1v) is 14.7. The first kappa shape index (κ1) is 29.4. The third-order valence-corrected chi connectivity index (χ3v) is 8.09. The molecule has 0 saturated heterocycles. The van der Waals surface area contributed by atoms with Gasteiger partial charge in [0.15, 0.2) is 0 Å². The van der Waals surface area contributed by atoms with Crippen molar-refractivity contribution < 1.29 is 9.53 Å². The van der Waals surface area contributed by atoms with Crippen LogP contribution >= 0.6 is 23.2 Å². The van der Waals surface area contributed by atoms with Gasteiger partial charge in [-0.2, -0.15) is 0 Å². The molecule has 0 aliphatic heterocycles. The minimum Gasteiger partial charge on any atom is -0.468 e. The topological polar surface area (TPSA) is 56.2 Å². The Morgan fingerprint density at radius 3 is 2.21 bits per heavy atom. The molecule has 42 heavy (non-hydrogen) atoms. The lowest BCUT2D eigenvalue weighted by atomic mass is 9.95. The van der Waals surface area contributed by atoms with Crippen LogP contribution in [0.1, 0.15) is 43.1 Å². The minimum atomic E-state index is -0.324. The molecule has 0 radical (unpaired) electrons. The molecule has 5 aromatic rings. The molecule has 0 aliphatic carbocycles. The Kier molecular flexibility index (Phi) is 9.31. The molecule has 5 rings (SSSR count). The summed E-state index contributed by atoms with van der Waals surface area (Å²) in [6.07, 6.45) is 3.75. The van der Waals surface area contributed by atoms with Gasteiger partial charge in [-0.25, -0.2) is 4.98 Å². The fourth-order valence-electron chi connectivity index (χ4n) is 4.82. The number of nitrogens with one attached hydrogen (secondary N) is 1. The van der Waals surface area contributed by atoms with E-state index in [2.05, 4.69) is 72.3 Å². The predicted molar refractivity (Wildman–Crippen MR) is 173 cm³/mol. The number of methoxy groups -OCH3 is 1. The van der Waals surface area contributed by atoms with Gasteiger partial charge in [0.25, 0.3) is 0 Å². The molecule has 0 spiro atoms. The van der Waals surface area contributed by atoms with Crippen LogP contribution in [-0.2, 0) is 16.0 Å². The van der Waals surface area contributed by atoms with E-state index in [1.807, 2.05) is 42.6 Å². The van der Waals surface area contributed by atoms with E-state index in [0.29, 0.717) is 22.4 Å². The maximum atomic E-state index is 11.5. The molecule has 1 atom stereocenters. The summed E-state index contributed by atoms with van der Waals surface area (Å²) in [6, 6.07) is 30.8. The predicted octanol–water partition coefficient (Wildman–Crippen LogP) is 9.20. The van der Waals surface area contributed by atoms with Crippen LogP contribution in [0.2, 0.25) is 10.0 Å². The number of nitrogens with zero attached hydrogens (tertiary/aromatic N) is 2. The van der Waals surface area contributed by atoms with Crippen LogP contribution in [0, 0.1) is 0 Å². The van der Waals surface area contributed by atoms with Gasteiger partial charge < -0.3 is 14.6 Å². The van der Waals surface area contributed by atoms with Gasteiger partial charge in [0, 0.05) is 34.6 Å².